The summed E-state index contributed by atoms with van der Waals surface area (Å²) in [6.07, 6.45) is 3.29. The lowest BCUT2D eigenvalue weighted by atomic mass is 10.1. The van der Waals surface area contributed by atoms with Gasteiger partial charge in [-0.1, -0.05) is 6.07 Å². The molecule has 25 heavy (non-hydrogen) atoms. The molecule has 0 fully saturated rings. The Morgan fingerprint density at radius 2 is 1.76 bits per heavy atom. The van der Waals surface area contributed by atoms with Crippen molar-refractivity contribution in [1.82, 2.24) is 10.3 Å². The first-order valence-corrected chi connectivity index (χ1v) is 7.49. The zero-order valence-electron chi connectivity index (χ0n) is 14.1. The Kier molecular flexibility index (Phi) is 4.65. The molecular formula is C18H17N3O4. The van der Waals surface area contributed by atoms with E-state index in [1.807, 2.05) is 6.07 Å². The van der Waals surface area contributed by atoms with Gasteiger partial charge < -0.3 is 19.5 Å². The van der Waals surface area contributed by atoms with Crippen molar-refractivity contribution in [1.29, 1.82) is 0 Å². The van der Waals surface area contributed by atoms with Crippen molar-refractivity contribution >= 4 is 17.8 Å². The Bertz CT molecular complexity index is 835. The molecule has 1 aromatic carbocycles. The molecule has 128 valence electrons. The van der Waals surface area contributed by atoms with Crippen molar-refractivity contribution in [2.24, 2.45) is 4.99 Å². The summed E-state index contributed by atoms with van der Waals surface area (Å²) in [6.45, 7) is 0. The first-order chi connectivity index (χ1) is 12.2. The van der Waals surface area contributed by atoms with Crippen LogP contribution in [0.3, 0.4) is 0 Å². The molecule has 3 rings (SSSR count). The Morgan fingerprint density at radius 1 is 1.04 bits per heavy atom. The number of hydrogen-bond donors (Lipinski definition) is 1. The summed E-state index contributed by atoms with van der Waals surface area (Å²) in [7, 11) is 4.61. The minimum atomic E-state index is -0.297. The van der Waals surface area contributed by atoms with Crippen molar-refractivity contribution in [3.8, 4) is 17.2 Å². The van der Waals surface area contributed by atoms with Gasteiger partial charge in [0.15, 0.2) is 17.3 Å². The third-order valence-electron chi connectivity index (χ3n) is 3.59. The predicted octanol–water partition coefficient (Wildman–Crippen LogP) is 2.02. The highest BCUT2D eigenvalue weighted by atomic mass is 16.5. The van der Waals surface area contributed by atoms with Crippen molar-refractivity contribution < 1.29 is 19.0 Å². The van der Waals surface area contributed by atoms with Crippen LogP contribution < -0.4 is 19.5 Å². The molecule has 7 heteroatoms. The number of pyridine rings is 1. The van der Waals surface area contributed by atoms with Gasteiger partial charge in [-0.05, 0) is 35.9 Å². The summed E-state index contributed by atoms with van der Waals surface area (Å²) in [6, 6.07) is 8.90. The van der Waals surface area contributed by atoms with E-state index in [0.717, 1.165) is 0 Å². The van der Waals surface area contributed by atoms with E-state index in [0.29, 0.717) is 34.3 Å². The molecule has 0 spiro atoms. The highest BCUT2D eigenvalue weighted by Gasteiger charge is 2.22. The molecular weight excluding hydrogens is 322 g/mol. The van der Waals surface area contributed by atoms with Gasteiger partial charge in [0.1, 0.15) is 11.4 Å². The first-order valence-electron chi connectivity index (χ1n) is 7.49. The number of methoxy groups -OCH3 is 3. The number of ether oxygens (including phenoxy) is 3. The predicted molar refractivity (Wildman–Crippen MR) is 93.0 cm³/mol. The lowest BCUT2D eigenvalue weighted by molar-refractivity contribution is -0.115. The molecule has 0 aliphatic carbocycles. The summed E-state index contributed by atoms with van der Waals surface area (Å²) < 4.78 is 15.9. The van der Waals surface area contributed by atoms with Crippen LogP contribution in [-0.2, 0) is 4.79 Å². The van der Waals surface area contributed by atoms with Crippen LogP contribution in [-0.4, -0.2) is 38.1 Å². The molecule has 1 amide bonds. The number of amidine groups is 1. The molecule has 2 aromatic rings. The van der Waals surface area contributed by atoms with Gasteiger partial charge in [-0.3, -0.25) is 9.78 Å². The number of carbonyl (C=O) groups is 1. The fourth-order valence-electron chi connectivity index (χ4n) is 2.44. The fourth-order valence-corrected chi connectivity index (χ4v) is 2.44. The molecule has 0 radical (unpaired) electrons. The Labute approximate surface area is 145 Å². The zero-order chi connectivity index (χ0) is 17.8. The third-order valence-corrected chi connectivity index (χ3v) is 3.59. The molecule has 0 bridgehead atoms. The Morgan fingerprint density at radius 3 is 2.32 bits per heavy atom. The number of nitrogens with zero attached hydrogens (tertiary/aromatic N) is 2. The molecule has 1 aliphatic rings. The molecule has 7 nitrogen and oxygen atoms in total. The summed E-state index contributed by atoms with van der Waals surface area (Å²) in [5.74, 6) is 1.61. The van der Waals surface area contributed by atoms with Gasteiger partial charge in [0, 0.05) is 6.20 Å². The number of nitrogens with one attached hydrogen (secondary N) is 1. The normalized spacial score (nSPS) is 14.9. The summed E-state index contributed by atoms with van der Waals surface area (Å²) in [4.78, 5) is 20.7. The maximum atomic E-state index is 12.2. The number of benzene rings is 1. The first kappa shape index (κ1) is 16.5. The number of rotatable bonds is 5. The van der Waals surface area contributed by atoms with Gasteiger partial charge in [-0.25, -0.2) is 4.99 Å². The maximum absolute atomic E-state index is 12.2. The SMILES string of the molecule is COc1cc(/C=C2/N=C(c3ccccn3)NC2=O)cc(OC)c1OC. The van der Waals surface area contributed by atoms with Crippen LogP contribution in [0.15, 0.2) is 47.2 Å². The molecule has 0 saturated carbocycles. The van der Waals surface area contributed by atoms with E-state index in [1.54, 1.807) is 36.5 Å². The van der Waals surface area contributed by atoms with Crippen LogP contribution in [0.1, 0.15) is 11.3 Å². The highest BCUT2D eigenvalue weighted by Crippen LogP contribution is 2.38. The van der Waals surface area contributed by atoms with Gasteiger partial charge in [0.2, 0.25) is 5.75 Å². The van der Waals surface area contributed by atoms with Crippen molar-refractivity contribution in [2.45, 2.75) is 0 Å². The average Bonchev–Trinajstić information content (AvgIpc) is 3.02. The monoisotopic (exact) mass is 339 g/mol. The molecule has 2 heterocycles. The Hall–Kier alpha value is -3.35. The smallest absolute Gasteiger partial charge is 0.275 e. The van der Waals surface area contributed by atoms with Gasteiger partial charge in [0.25, 0.3) is 5.91 Å². The minimum absolute atomic E-state index is 0.273. The van der Waals surface area contributed by atoms with E-state index in [1.165, 1.54) is 21.3 Å². The minimum Gasteiger partial charge on any atom is -0.493 e. The number of amides is 1. The van der Waals surface area contributed by atoms with Crippen LogP contribution >= 0.6 is 0 Å². The molecule has 1 aromatic heterocycles. The average molecular weight is 339 g/mol. The number of carbonyl (C=O) groups excluding carboxylic acids is 1. The van der Waals surface area contributed by atoms with E-state index in [4.69, 9.17) is 14.2 Å². The van der Waals surface area contributed by atoms with Gasteiger partial charge in [-0.15, -0.1) is 0 Å². The van der Waals surface area contributed by atoms with E-state index in [9.17, 15) is 4.79 Å². The van der Waals surface area contributed by atoms with Crippen LogP contribution in [0.2, 0.25) is 0 Å². The maximum Gasteiger partial charge on any atom is 0.275 e. The second-order valence-corrected chi connectivity index (χ2v) is 5.12. The quantitative estimate of drug-likeness (QED) is 0.843. The standard InChI is InChI=1S/C18H17N3O4/c1-23-14-9-11(10-15(24-2)16(14)25-3)8-13-18(22)21-17(20-13)12-6-4-5-7-19-12/h4-10H,1-3H3,(H,20,21,22)/b13-8+. The lowest BCUT2D eigenvalue weighted by Crippen LogP contribution is -2.25. The second kappa shape index (κ2) is 7.04. The van der Waals surface area contributed by atoms with Crippen LogP contribution in [0.25, 0.3) is 6.08 Å². The summed E-state index contributed by atoms with van der Waals surface area (Å²) >= 11 is 0. The molecule has 0 unspecified atom stereocenters. The second-order valence-electron chi connectivity index (χ2n) is 5.12. The van der Waals surface area contributed by atoms with Gasteiger partial charge in [0.05, 0.1) is 21.3 Å². The number of aliphatic imine (C=N–C) groups is 1. The fraction of sp³-hybridized carbons (Fsp3) is 0.167. The topological polar surface area (TPSA) is 82.0 Å². The molecule has 0 saturated heterocycles. The van der Waals surface area contributed by atoms with E-state index in [-0.39, 0.29) is 11.6 Å². The lowest BCUT2D eigenvalue weighted by Gasteiger charge is -2.12. The number of aromatic nitrogens is 1. The van der Waals surface area contributed by atoms with Gasteiger partial charge in [-0.2, -0.15) is 0 Å². The van der Waals surface area contributed by atoms with Crippen molar-refractivity contribution in [3.63, 3.8) is 0 Å². The molecule has 1 N–H and O–H groups in total. The molecule has 1 aliphatic heterocycles. The van der Waals surface area contributed by atoms with Crippen molar-refractivity contribution in [2.75, 3.05) is 21.3 Å². The largest absolute Gasteiger partial charge is 0.493 e. The van der Waals surface area contributed by atoms with Crippen molar-refractivity contribution in [3.05, 3.63) is 53.5 Å². The highest BCUT2D eigenvalue weighted by molar-refractivity contribution is 6.19. The summed E-state index contributed by atoms with van der Waals surface area (Å²) in [5, 5.41) is 2.71. The van der Waals surface area contributed by atoms with Crippen LogP contribution in [0.5, 0.6) is 17.2 Å². The summed E-state index contributed by atoms with van der Waals surface area (Å²) in [5.41, 5.74) is 1.57. The van der Waals surface area contributed by atoms with E-state index >= 15 is 0 Å². The van der Waals surface area contributed by atoms with E-state index < -0.39 is 0 Å². The molecule has 0 atom stereocenters. The van der Waals surface area contributed by atoms with Crippen LogP contribution in [0.4, 0.5) is 0 Å². The third kappa shape index (κ3) is 3.30. The number of hydrogen-bond acceptors (Lipinski definition) is 6. The Balaban J connectivity index is 2.00. The van der Waals surface area contributed by atoms with Crippen LogP contribution in [0, 0.1) is 0 Å². The van der Waals surface area contributed by atoms with E-state index in [2.05, 4.69) is 15.3 Å². The zero-order valence-corrected chi connectivity index (χ0v) is 14.1. The van der Waals surface area contributed by atoms with Gasteiger partial charge >= 0.3 is 0 Å².